The minimum Gasteiger partial charge on any atom is -0.497 e. The summed E-state index contributed by atoms with van der Waals surface area (Å²) in [5.74, 6) is 1.37. The Balaban J connectivity index is 1.98. The zero-order valence-corrected chi connectivity index (χ0v) is 14.7. The van der Waals surface area contributed by atoms with Crippen LogP contribution in [-0.2, 0) is 6.54 Å². The first-order valence-corrected chi connectivity index (χ1v) is 8.00. The van der Waals surface area contributed by atoms with Crippen molar-refractivity contribution in [2.24, 2.45) is 0 Å². The number of halogens is 2. The molecule has 0 atom stereocenters. The Morgan fingerprint density at radius 3 is 2.46 bits per heavy atom. The SMILES string of the molecule is COc1ccc(Cn2c(C)nn(-c3ccc(Cl)cc3Cl)c2=O)cc1. The molecule has 5 nitrogen and oxygen atoms in total. The van der Waals surface area contributed by atoms with Gasteiger partial charge in [-0.3, -0.25) is 4.57 Å². The number of benzene rings is 2. The van der Waals surface area contributed by atoms with Crippen LogP contribution >= 0.6 is 23.2 Å². The predicted octanol–water partition coefficient (Wildman–Crippen LogP) is 3.71. The fourth-order valence-electron chi connectivity index (χ4n) is 2.40. The van der Waals surface area contributed by atoms with Crippen molar-refractivity contribution in [1.29, 1.82) is 0 Å². The van der Waals surface area contributed by atoms with E-state index in [4.69, 9.17) is 27.9 Å². The van der Waals surface area contributed by atoms with E-state index in [1.54, 1.807) is 36.8 Å². The van der Waals surface area contributed by atoms with Crippen LogP contribution in [0, 0.1) is 6.92 Å². The van der Waals surface area contributed by atoms with E-state index >= 15 is 0 Å². The lowest BCUT2D eigenvalue weighted by molar-refractivity contribution is 0.414. The molecule has 0 N–H and O–H groups in total. The molecule has 0 fully saturated rings. The van der Waals surface area contributed by atoms with Crippen molar-refractivity contribution < 1.29 is 4.74 Å². The first-order chi connectivity index (χ1) is 11.5. The van der Waals surface area contributed by atoms with Crippen LogP contribution in [0.2, 0.25) is 10.0 Å². The van der Waals surface area contributed by atoms with Gasteiger partial charge >= 0.3 is 5.69 Å². The maximum absolute atomic E-state index is 12.7. The third-order valence-electron chi connectivity index (χ3n) is 3.69. The maximum atomic E-state index is 12.7. The minimum atomic E-state index is -0.257. The minimum absolute atomic E-state index is 0.257. The van der Waals surface area contributed by atoms with E-state index in [2.05, 4.69) is 5.10 Å². The normalized spacial score (nSPS) is 10.8. The number of nitrogens with zero attached hydrogens (tertiary/aromatic N) is 3. The van der Waals surface area contributed by atoms with Gasteiger partial charge in [-0.2, -0.15) is 9.78 Å². The average molecular weight is 364 g/mol. The lowest BCUT2D eigenvalue weighted by Crippen LogP contribution is -2.24. The van der Waals surface area contributed by atoms with Gasteiger partial charge in [0, 0.05) is 5.02 Å². The Morgan fingerprint density at radius 2 is 1.83 bits per heavy atom. The van der Waals surface area contributed by atoms with Gasteiger partial charge in [-0.25, -0.2) is 4.79 Å². The molecule has 0 saturated carbocycles. The molecule has 0 aliphatic rings. The Hall–Kier alpha value is -2.24. The predicted molar refractivity (Wildman–Crippen MR) is 94.7 cm³/mol. The molecule has 0 radical (unpaired) electrons. The lowest BCUT2D eigenvalue weighted by Gasteiger charge is -2.05. The van der Waals surface area contributed by atoms with Crippen LogP contribution in [0.3, 0.4) is 0 Å². The van der Waals surface area contributed by atoms with E-state index < -0.39 is 0 Å². The van der Waals surface area contributed by atoms with Crippen molar-refractivity contribution in [1.82, 2.24) is 14.3 Å². The molecule has 0 saturated heterocycles. The smallest absolute Gasteiger partial charge is 0.351 e. The second-order valence-electron chi connectivity index (χ2n) is 5.27. The fourth-order valence-corrected chi connectivity index (χ4v) is 2.89. The number of aromatic nitrogens is 3. The topological polar surface area (TPSA) is 49.0 Å². The van der Waals surface area contributed by atoms with Gasteiger partial charge in [0.25, 0.3) is 0 Å². The third-order valence-corrected chi connectivity index (χ3v) is 4.22. The maximum Gasteiger partial charge on any atom is 0.351 e. The van der Waals surface area contributed by atoms with Crippen LogP contribution in [0.5, 0.6) is 5.75 Å². The molecule has 0 bridgehead atoms. The highest BCUT2D eigenvalue weighted by atomic mass is 35.5. The molecule has 0 amide bonds. The quantitative estimate of drug-likeness (QED) is 0.709. The summed E-state index contributed by atoms with van der Waals surface area (Å²) in [5.41, 5.74) is 1.22. The van der Waals surface area contributed by atoms with Crippen LogP contribution in [0.1, 0.15) is 11.4 Å². The molecule has 0 spiro atoms. The third kappa shape index (κ3) is 3.18. The van der Waals surface area contributed by atoms with Crippen LogP contribution < -0.4 is 10.4 Å². The summed E-state index contributed by atoms with van der Waals surface area (Å²) in [4.78, 5) is 12.7. The van der Waals surface area contributed by atoms with E-state index in [9.17, 15) is 4.79 Å². The van der Waals surface area contributed by atoms with E-state index in [-0.39, 0.29) is 5.69 Å². The molecule has 1 heterocycles. The van der Waals surface area contributed by atoms with Gasteiger partial charge in [-0.15, -0.1) is 0 Å². The average Bonchev–Trinajstić information content (AvgIpc) is 2.84. The van der Waals surface area contributed by atoms with Crippen molar-refractivity contribution in [2.45, 2.75) is 13.5 Å². The molecule has 2 aromatic carbocycles. The summed E-state index contributed by atoms with van der Waals surface area (Å²) in [7, 11) is 1.61. The van der Waals surface area contributed by atoms with Crippen molar-refractivity contribution in [3.05, 3.63) is 74.4 Å². The van der Waals surface area contributed by atoms with Crippen molar-refractivity contribution in [3.8, 4) is 11.4 Å². The number of hydrogen-bond donors (Lipinski definition) is 0. The summed E-state index contributed by atoms with van der Waals surface area (Å²) >= 11 is 12.1. The molecule has 0 unspecified atom stereocenters. The standard InChI is InChI=1S/C17H15Cl2N3O2/c1-11-20-22(16-8-5-13(18)9-15(16)19)17(23)21(11)10-12-3-6-14(24-2)7-4-12/h3-9H,10H2,1-2H3. The van der Waals surface area contributed by atoms with Crippen LogP contribution in [0.25, 0.3) is 5.69 Å². The molecular formula is C17H15Cl2N3O2. The summed E-state index contributed by atoms with van der Waals surface area (Å²) in [5, 5.41) is 5.20. The second kappa shape index (κ2) is 6.71. The van der Waals surface area contributed by atoms with Crippen molar-refractivity contribution in [3.63, 3.8) is 0 Å². The summed E-state index contributed by atoms with van der Waals surface area (Å²) in [6, 6.07) is 12.5. The Morgan fingerprint density at radius 1 is 1.12 bits per heavy atom. The van der Waals surface area contributed by atoms with Crippen molar-refractivity contribution >= 4 is 23.2 Å². The van der Waals surface area contributed by atoms with E-state index in [0.29, 0.717) is 28.1 Å². The van der Waals surface area contributed by atoms with Crippen LogP contribution in [0.4, 0.5) is 0 Å². The van der Waals surface area contributed by atoms with Crippen LogP contribution in [0.15, 0.2) is 47.3 Å². The highest BCUT2D eigenvalue weighted by Gasteiger charge is 2.14. The second-order valence-corrected chi connectivity index (χ2v) is 6.12. The van der Waals surface area contributed by atoms with Gasteiger partial charge in [0.1, 0.15) is 11.6 Å². The molecule has 3 rings (SSSR count). The molecule has 3 aromatic rings. The first-order valence-electron chi connectivity index (χ1n) is 7.24. The lowest BCUT2D eigenvalue weighted by atomic mass is 10.2. The number of hydrogen-bond acceptors (Lipinski definition) is 3. The summed E-state index contributed by atoms with van der Waals surface area (Å²) < 4.78 is 8.02. The first kappa shape index (κ1) is 16.6. The Labute approximate surface area is 149 Å². The highest BCUT2D eigenvalue weighted by molar-refractivity contribution is 6.35. The van der Waals surface area contributed by atoms with E-state index in [1.807, 2.05) is 24.3 Å². The fraction of sp³-hybridized carbons (Fsp3) is 0.176. The van der Waals surface area contributed by atoms with E-state index in [1.165, 1.54) is 4.68 Å². The molecule has 0 aliphatic heterocycles. The van der Waals surface area contributed by atoms with Gasteiger partial charge in [-0.1, -0.05) is 35.3 Å². The van der Waals surface area contributed by atoms with Gasteiger partial charge in [0.05, 0.1) is 24.4 Å². The summed E-state index contributed by atoms with van der Waals surface area (Å²) in [6.07, 6.45) is 0. The van der Waals surface area contributed by atoms with Gasteiger partial charge in [0.2, 0.25) is 0 Å². The number of methoxy groups -OCH3 is 1. The van der Waals surface area contributed by atoms with Gasteiger partial charge in [0.15, 0.2) is 0 Å². The van der Waals surface area contributed by atoms with Gasteiger partial charge in [-0.05, 0) is 42.8 Å². The van der Waals surface area contributed by atoms with Crippen LogP contribution in [-0.4, -0.2) is 21.5 Å². The number of ether oxygens (including phenoxy) is 1. The zero-order chi connectivity index (χ0) is 17.3. The molecule has 7 heteroatoms. The zero-order valence-electron chi connectivity index (χ0n) is 13.2. The summed E-state index contributed by atoms with van der Waals surface area (Å²) in [6.45, 7) is 2.20. The number of rotatable bonds is 4. The molecule has 0 aliphatic carbocycles. The van der Waals surface area contributed by atoms with E-state index in [0.717, 1.165) is 11.3 Å². The largest absolute Gasteiger partial charge is 0.497 e. The molecule has 1 aromatic heterocycles. The number of aryl methyl sites for hydroxylation is 1. The Kier molecular flexibility index (Phi) is 4.64. The Bertz CT molecular complexity index is 930. The van der Waals surface area contributed by atoms with Crippen molar-refractivity contribution in [2.75, 3.05) is 7.11 Å². The molecular weight excluding hydrogens is 349 g/mol. The van der Waals surface area contributed by atoms with Gasteiger partial charge < -0.3 is 4.74 Å². The molecule has 124 valence electrons. The monoisotopic (exact) mass is 363 g/mol. The highest BCUT2D eigenvalue weighted by Crippen LogP contribution is 2.23. The molecule has 24 heavy (non-hydrogen) atoms.